The highest BCUT2D eigenvalue weighted by molar-refractivity contribution is 7.89. The summed E-state index contributed by atoms with van der Waals surface area (Å²) >= 11 is 6.03. The summed E-state index contributed by atoms with van der Waals surface area (Å²) in [7, 11) is -2.36. The van der Waals surface area contributed by atoms with E-state index >= 15 is 0 Å². The van der Waals surface area contributed by atoms with E-state index in [2.05, 4.69) is 0 Å². The third kappa shape index (κ3) is 2.65. The number of hydrogen-bond acceptors (Lipinski definition) is 3. The molecule has 0 unspecified atom stereocenters. The van der Waals surface area contributed by atoms with Crippen molar-refractivity contribution in [1.82, 2.24) is 4.31 Å². The fraction of sp³-hybridized carbons (Fsp3) is 0.250. The van der Waals surface area contributed by atoms with Crippen LogP contribution < -0.4 is 0 Å². The van der Waals surface area contributed by atoms with Crippen LogP contribution in [0.4, 0.5) is 4.39 Å². The van der Waals surface area contributed by atoms with Gasteiger partial charge < -0.3 is 5.11 Å². The van der Waals surface area contributed by atoms with E-state index in [0.29, 0.717) is 5.56 Å². The number of aliphatic hydroxyl groups is 1. The summed E-state index contributed by atoms with van der Waals surface area (Å²) in [6, 6.07) is 9.74. The molecule has 0 bridgehead atoms. The normalized spacial score (nSPS) is 23.5. The van der Waals surface area contributed by atoms with Crippen molar-refractivity contribution in [3.8, 4) is 0 Å². The second kappa shape index (κ2) is 5.87. The van der Waals surface area contributed by atoms with E-state index in [4.69, 9.17) is 11.6 Å². The van der Waals surface area contributed by atoms with E-state index in [0.717, 1.165) is 4.31 Å². The van der Waals surface area contributed by atoms with Crippen LogP contribution in [-0.2, 0) is 16.4 Å². The molecule has 1 N–H and O–H groups in total. The highest BCUT2D eigenvalue weighted by atomic mass is 35.5. The van der Waals surface area contributed by atoms with Crippen LogP contribution in [0.25, 0.3) is 0 Å². The summed E-state index contributed by atoms with van der Waals surface area (Å²) in [6.07, 6.45) is -1.08. The minimum atomic E-state index is -3.74. The first-order valence-electron chi connectivity index (χ1n) is 7.02. The van der Waals surface area contributed by atoms with Gasteiger partial charge in [-0.15, -0.1) is 0 Å². The van der Waals surface area contributed by atoms with Crippen molar-refractivity contribution in [1.29, 1.82) is 0 Å². The lowest BCUT2D eigenvalue weighted by Gasteiger charge is -2.37. The van der Waals surface area contributed by atoms with Gasteiger partial charge in [0.25, 0.3) is 0 Å². The van der Waals surface area contributed by atoms with Crippen LogP contribution >= 0.6 is 11.6 Å². The van der Waals surface area contributed by atoms with Crippen LogP contribution in [0.15, 0.2) is 47.4 Å². The molecule has 3 rings (SSSR count). The van der Waals surface area contributed by atoms with Gasteiger partial charge in [-0.25, -0.2) is 12.8 Å². The molecule has 23 heavy (non-hydrogen) atoms. The molecule has 0 aromatic heterocycles. The first kappa shape index (κ1) is 16.4. The van der Waals surface area contributed by atoms with Gasteiger partial charge in [0, 0.05) is 23.2 Å². The summed E-state index contributed by atoms with van der Waals surface area (Å²) in [4.78, 5) is 0.0749. The maximum Gasteiger partial charge on any atom is 0.243 e. The molecule has 7 heteroatoms. The van der Waals surface area contributed by atoms with Crippen LogP contribution in [-0.4, -0.2) is 30.9 Å². The van der Waals surface area contributed by atoms with Crippen LogP contribution in [0.1, 0.15) is 17.2 Å². The summed E-state index contributed by atoms with van der Waals surface area (Å²) in [5, 5.41) is 10.8. The Morgan fingerprint density at radius 1 is 1.22 bits per heavy atom. The predicted octanol–water partition coefficient (Wildman–Crippen LogP) is 2.76. The van der Waals surface area contributed by atoms with E-state index in [-0.39, 0.29) is 21.9 Å². The predicted molar refractivity (Wildman–Crippen MR) is 85.3 cm³/mol. The average molecular weight is 356 g/mol. The standard InChI is InChI=1S/C16H15ClFNO3S/c1-19-14(9-11-12(17)6-4-7-13(11)18)16(20)10-5-2-3-8-15(10)23(19,21)22/h2-8,14,16,20H,9H2,1H3/t14-,16+/m1/s1. The van der Waals surface area contributed by atoms with E-state index < -0.39 is 28.0 Å². The highest BCUT2D eigenvalue weighted by Gasteiger charge is 2.41. The number of benzene rings is 2. The molecule has 0 aliphatic carbocycles. The van der Waals surface area contributed by atoms with Gasteiger partial charge in [0.1, 0.15) is 5.82 Å². The third-order valence-electron chi connectivity index (χ3n) is 4.20. The lowest BCUT2D eigenvalue weighted by Crippen LogP contribution is -2.46. The van der Waals surface area contributed by atoms with Gasteiger partial charge in [-0.05, 0) is 24.6 Å². The zero-order valence-electron chi connectivity index (χ0n) is 12.3. The van der Waals surface area contributed by atoms with E-state index in [1.807, 2.05) is 0 Å². The molecule has 1 heterocycles. The number of aliphatic hydroxyl groups excluding tert-OH is 1. The number of rotatable bonds is 2. The van der Waals surface area contributed by atoms with Crippen molar-refractivity contribution in [2.75, 3.05) is 7.05 Å². The van der Waals surface area contributed by atoms with E-state index in [9.17, 15) is 17.9 Å². The molecule has 1 aliphatic heterocycles. The second-order valence-electron chi connectivity index (χ2n) is 5.48. The van der Waals surface area contributed by atoms with Gasteiger partial charge in [0.05, 0.1) is 17.0 Å². The third-order valence-corrected chi connectivity index (χ3v) is 6.51. The number of likely N-dealkylation sites (N-methyl/N-ethyl adjacent to an activating group) is 1. The molecule has 0 radical (unpaired) electrons. The summed E-state index contributed by atoms with van der Waals surface area (Å²) in [6.45, 7) is 0. The zero-order valence-corrected chi connectivity index (χ0v) is 13.9. The summed E-state index contributed by atoms with van der Waals surface area (Å²) in [5.74, 6) is -0.519. The maximum absolute atomic E-state index is 14.0. The second-order valence-corrected chi connectivity index (χ2v) is 7.85. The fourth-order valence-electron chi connectivity index (χ4n) is 2.88. The number of hydrogen-bond donors (Lipinski definition) is 1. The van der Waals surface area contributed by atoms with E-state index in [1.165, 1.54) is 31.3 Å². The molecular formula is C16H15ClFNO3S. The van der Waals surface area contributed by atoms with Gasteiger partial charge in [-0.3, -0.25) is 0 Å². The number of nitrogens with zero attached hydrogens (tertiary/aromatic N) is 1. The molecular weight excluding hydrogens is 341 g/mol. The van der Waals surface area contributed by atoms with Gasteiger partial charge in [-0.2, -0.15) is 4.31 Å². The number of sulfonamides is 1. The number of halogens is 2. The molecule has 2 aromatic rings. The Kier molecular flexibility index (Phi) is 4.18. The lowest BCUT2D eigenvalue weighted by atomic mass is 9.95. The Morgan fingerprint density at radius 3 is 2.61 bits per heavy atom. The minimum absolute atomic E-state index is 0.0171. The monoisotopic (exact) mass is 355 g/mol. The minimum Gasteiger partial charge on any atom is -0.387 e. The molecule has 1 aliphatic rings. The van der Waals surface area contributed by atoms with Crippen molar-refractivity contribution in [2.45, 2.75) is 23.5 Å². The Hall–Kier alpha value is -1.47. The topological polar surface area (TPSA) is 57.6 Å². The molecule has 0 fully saturated rings. The van der Waals surface area contributed by atoms with E-state index in [1.54, 1.807) is 18.2 Å². The Balaban J connectivity index is 2.08. The van der Waals surface area contributed by atoms with Crippen molar-refractivity contribution in [2.24, 2.45) is 0 Å². The molecule has 2 aromatic carbocycles. The molecule has 122 valence electrons. The SMILES string of the molecule is CN1[C@H](Cc2c(F)cccc2Cl)[C@@H](O)c2ccccc2S1(=O)=O. The molecule has 4 nitrogen and oxygen atoms in total. The van der Waals surface area contributed by atoms with Crippen LogP contribution in [0.2, 0.25) is 5.02 Å². The maximum atomic E-state index is 14.0. The van der Waals surface area contributed by atoms with Crippen molar-refractivity contribution in [3.05, 3.63) is 64.4 Å². The fourth-order valence-corrected chi connectivity index (χ4v) is 4.71. The van der Waals surface area contributed by atoms with Crippen molar-refractivity contribution >= 4 is 21.6 Å². The Labute approximate surface area is 139 Å². The van der Waals surface area contributed by atoms with Crippen LogP contribution in [0, 0.1) is 5.82 Å². The van der Waals surface area contributed by atoms with Crippen molar-refractivity contribution < 1.29 is 17.9 Å². The first-order valence-corrected chi connectivity index (χ1v) is 8.83. The Bertz CT molecular complexity index is 836. The quantitative estimate of drug-likeness (QED) is 0.901. The molecule has 0 spiro atoms. The van der Waals surface area contributed by atoms with Gasteiger partial charge in [0.2, 0.25) is 10.0 Å². The zero-order chi connectivity index (χ0) is 16.8. The van der Waals surface area contributed by atoms with Gasteiger partial charge in [0.15, 0.2) is 0 Å². The highest BCUT2D eigenvalue weighted by Crippen LogP contribution is 2.37. The van der Waals surface area contributed by atoms with Crippen molar-refractivity contribution in [3.63, 3.8) is 0 Å². The first-order chi connectivity index (χ1) is 10.8. The average Bonchev–Trinajstić information content (AvgIpc) is 2.52. The number of fused-ring (bicyclic) bond motifs is 1. The van der Waals surface area contributed by atoms with Gasteiger partial charge in [-0.1, -0.05) is 35.9 Å². The Morgan fingerprint density at radius 2 is 1.91 bits per heavy atom. The molecule has 0 saturated carbocycles. The van der Waals surface area contributed by atoms with Crippen LogP contribution in [0.5, 0.6) is 0 Å². The van der Waals surface area contributed by atoms with Gasteiger partial charge >= 0.3 is 0 Å². The molecule has 0 amide bonds. The summed E-state index contributed by atoms with van der Waals surface area (Å²) < 4.78 is 40.3. The molecule has 0 saturated heterocycles. The smallest absolute Gasteiger partial charge is 0.243 e. The van der Waals surface area contributed by atoms with Crippen LogP contribution in [0.3, 0.4) is 0 Å². The largest absolute Gasteiger partial charge is 0.387 e. The molecule has 2 atom stereocenters. The summed E-state index contributed by atoms with van der Waals surface area (Å²) in [5.41, 5.74) is 0.516. The lowest BCUT2D eigenvalue weighted by molar-refractivity contribution is 0.0887.